The van der Waals surface area contributed by atoms with Crippen molar-refractivity contribution in [2.24, 2.45) is 0 Å². The van der Waals surface area contributed by atoms with Gasteiger partial charge in [0.2, 0.25) is 5.69 Å². The van der Waals surface area contributed by atoms with Crippen molar-refractivity contribution in [3.63, 3.8) is 0 Å². The maximum Gasteiger partial charge on any atom is 0.252 e. The van der Waals surface area contributed by atoms with Crippen molar-refractivity contribution in [3.05, 3.63) is 39.6 Å². The Bertz CT molecular complexity index is 467. The Kier molecular flexibility index (Phi) is 3.06. The number of nitrogens with zero attached hydrogens (tertiary/aromatic N) is 2. The van der Waals surface area contributed by atoms with Crippen LogP contribution in [0.25, 0.3) is 11.3 Å². The maximum absolute atomic E-state index is 11.2. The highest BCUT2D eigenvalue weighted by atomic mass is 79.9. The van der Waals surface area contributed by atoms with Crippen molar-refractivity contribution in [3.8, 4) is 11.3 Å². The minimum Gasteiger partial charge on any atom is -0.359 e. The molecule has 4 nitrogen and oxygen atoms in total. The summed E-state index contributed by atoms with van der Waals surface area (Å²) in [5.41, 5.74) is 1.89. The van der Waals surface area contributed by atoms with Crippen molar-refractivity contribution in [1.82, 2.24) is 5.16 Å². The fourth-order valence-corrected chi connectivity index (χ4v) is 1.94. The number of hydrogen-bond acceptors (Lipinski definition) is 3. The molecule has 0 amide bonds. The van der Waals surface area contributed by atoms with Crippen molar-refractivity contribution >= 4 is 31.9 Å². The summed E-state index contributed by atoms with van der Waals surface area (Å²) in [6, 6.07) is 7.51. The molecule has 0 saturated carbocycles. The van der Waals surface area contributed by atoms with Crippen LogP contribution >= 0.6 is 31.9 Å². The summed E-state index contributed by atoms with van der Waals surface area (Å²) in [7, 11) is 0. The molecule has 15 heavy (non-hydrogen) atoms. The van der Waals surface area contributed by atoms with Crippen molar-refractivity contribution in [2.75, 3.05) is 0 Å². The molecule has 0 aliphatic carbocycles. The molecule has 2 aromatic rings. The van der Waals surface area contributed by atoms with Crippen molar-refractivity contribution < 1.29 is 9.53 Å². The SMILES string of the molecule is [O-][n+]1onc(-c2ccc(Br)cc2)c1CBr. The predicted octanol–water partition coefficient (Wildman–Crippen LogP) is 2.63. The van der Waals surface area contributed by atoms with E-state index in [9.17, 15) is 5.21 Å². The molecule has 1 heterocycles. The minimum atomic E-state index is 0.408. The number of hydrogen-bond donors (Lipinski definition) is 0. The number of rotatable bonds is 2. The largest absolute Gasteiger partial charge is 0.359 e. The van der Waals surface area contributed by atoms with Gasteiger partial charge < -0.3 is 5.21 Å². The van der Waals surface area contributed by atoms with Gasteiger partial charge in [0, 0.05) is 15.2 Å². The monoisotopic (exact) mass is 332 g/mol. The van der Waals surface area contributed by atoms with E-state index >= 15 is 0 Å². The molecule has 0 spiro atoms. The average molecular weight is 334 g/mol. The summed E-state index contributed by atoms with van der Waals surface area (Å²) in [6.45, 7) is 0. The second kappa shape index (κ2) is 4.32. The first kappa shape index (κ1) is 10.6. The Morgan fingerprint density at radius 1 is 1.33 bits per heavy atom. The van der Waals surface area contributed by atoms with Gasteiger partial charge in [0.1, 0.15) is 0 Å². The van der Waals surface area contributed by atoms with E-state index in [0.717, 1.165) is 10.0 Å². The van der Waals surface area contributed by atoms with E-state index < -0.39 is 0 Å². The zero-order chi connectivity index (χ0) is 10.8. The van der Waals surface area contributed by atoms with Crippen LogP contribution in [0.4, 0.5) is 0 Å². The van der Waals surface area contributed by atoms with Crippen LogP contribution in [-0.2, 0) is 5.33 Å². The summed E-state index contributed by atoms with van der Waals surface area (Å²) in [5.74, 6) is 0. The van der Waals surface area contributed by atoms with Crippen LogP contribution in [0.3, 0.4) is 0 Å². The molecule has 0 bridgehead atoms. The number of aromatic nitrogens is 2. The summed E-state index contributed by atoms with van der Waals surface area (Å²) >= 11 is 6.56. The first-order valence-electron chi connectivity index (χ1n) is 4.13. The fraction of sp³-hybridized carbons (Fsp3) is 0.111. The lowest BCUT2D eigenvalue weighted by Gasteiger charge is -1.94. The molecular formula is C9H6Br2N2O2. The van der Waals surface area contributed by atoms with Gasteiger partial charge in [0.25, 0.3) is 5.69 Å². The Labute approximate surface area is 103 Å². The first-order valence-corrected chi connectivity index (χ1v) is 6.04. The summed E-state index contributed by atoms with van der Waals surface area (Å²) in [5, 5.41) is 15.3. The van der Waals surface area contributed by atoms with E-state index in [4.69, 9.17) is 0 Å². The predicted molar refractivity (Wildman–Crippen MR) is 61.2 cm³/mol. The molecule has 78 valence electrons. The summed E-state index contributed by atoms with van der Waals surface area (Å²) < 4.78 is 5.52. The number of benzene rings is 1. The fourth-order valence-electron chi connectivity index (χ4n) is 1.21. The Morgan fingerprint density at radius 3 is 2.60 bits per heavy atom. The second-order valence-corrected chi connectivity index (χ2v) is 4.34. The molecular weight excluding hydrogens is 328 g/mol. The normalized spacial score (nSPS) is 10.5. The molecule has 0 saturated heterocycles. The number of alkyl halides is 1. The van der Waals surface area contributed by atoms with Gasteiger partial charge >= 0.3 is 0 Å². The van der Waals surface area contributed by atoms with Crippen LogP contribution < -0.4 is 4.90 Å². The highest BCUT2D eigenvalue weighted by molar-refractivity contribution is 9.10. The molecule has 0 aliphatic rings. The first-order chi connectivity index (χ1) is 7.22. The van der Waals surface area contributed by atoms with E-state index in [2.05, 4.69) is 41.6 Å². The van der Waals surface area contributed by atoms with Crippen molar-refractivity contribution in [1.29, 1.82) is 0 Å². The highest BCUT2D eigenvalue weighted by Gasteiger charge is 2.19. The average Bonchev–Trinajstić information content (AvgIpc) is 2.61. The molecule has 2 rings (SSSR count). The van der Waals surface area contributed by atoms with Gasteiger partial charge in [-0.05, 0) is 29.2 Å². The quantitative estimate of drug-likeness (QED) is 0.627. The molecule has 6 heteroatoms. The van der Waals surface area contributed by atoms with Gasteiger partial charge in [-0.1, -0.05) is 31.9 Å². The lowest BCUT2D eigenvalue weighted by molar-refractivity contribution is -0.807. The molecule has 0 aliphatic heterocycles. The van der Waals surface area contributed by atoms with Gasteiger partial charge in [0.15, 0.2) is 0 Å². The molecule has 0 fully saturated rings. The van der Waals surface area contributed by atoms with E-state index in [0.29, 0.717) is 21.6 Å². The van der Waals surface area contributed by atoms with Gasteiger partial charge in [0.05, 0.1) is 5.33 Å². The molecule has 0 N–H and O–H groups in total. The Morgan fingerprint density at radius 2 is 2.00 bits per heavy atom. The van der Waals surface area contributed by atoms with Crippen LogP contribution in [0, 0.1) is 5.21 Å². The maximum atomic E-state index is 11.2. The highest BCUT2D eigenvalue weighted by Crippen LogP contribution is 2.22. The molecule has 0 atom stereocenters. The van der Waals surface area contributed by atoms with Gasteiger partial charge in [-0.3, -0.25) is 4.63 Å². The van der Waals surface area contributed by atoms with Gasteiger partial charge in [-0.15, -0.1) is 0 Å². The Hall–Kier alpha value is -0.880. The standard InChI is InChI=1S/C9H6Br2N2O2/c10-5-8-9(12-15-13(8)14)6-1-3-7(11)4-2-6/h1-4H,5H2. The van der Waals surface area contributed by atoms with Crippen LogP contribution in [0.15, 0.2) is 33.4 Å². The molecule has 0 radical (unpaired) electrons. The van der Waals surface area contributed by atoms with E-state index in [-0.39, 0.29) is 0 Å². The van der Waals surface area contributed by atoms with Gasteiger partial charge in [-0.25, -0.2) is 0 Å². The molecule has 1 aromatic heterocycles. The van der Waals surface area contributed by atoms with Gasteiger partial charge in [-0.2, -0.15) is 0 Å². The van der Waals surface area contributed by atoms with Crippen LogP contribution in [0.2, 0.25) is 0 Å². The van der Waals surface area contributed by atoms with Crippen LogP contribution in [0.5, 0.6) is 0 Å². The summed E-state index contributed by atoms with van der Waals surface area (Å²) in [4.78, 5) is 0.409. The molecule has 0 unspecified atom stereocenters. The van der Waals surface area contributed by atoms with E-state index in [1.165, 1.54) is 0 Å². The third-order valence-corrected chi connectivity index (χ3v) is 3.00. The van der Waals surface area contributed by atoms with Crippen LogP contribution in [0.1, 0.15) is 5.69 Å². The lowest BCUT2D eigenvalue weighted by atomic mass is 10.1. The zero-order valence-corrected chi connectivity index (χ0v) is 10.7. The number of halogens is 2. The lowest BCUT2D eigenvalue weighted by Crippen LogP contribution is -2.27. The minimum absolute atomic E-state index is 0.408. The molecule has 1 aromatic carbocycles. The third kappa shape index (κ3) is 2.05. The smallest absolute Gasteiger partial charge is 0.252 e. The zero-order valence-electron chi connectivity index (χ0n) is 7.48. The second-order valence-electron chi connectivity index (χ2n) is 2.87. The topological polar surface area (TPSA) is 53.0 Å². The third-order valence-electron chi connectivity index (χ3n) is 1.94. The Balaban J connectivity index is 2.49. The van der Waals surface area contributed by atoms with Crippen molar-refractivity contribution in [2.45, 2.75) is 5.33 Å². The van der Waals surface area contributed by atoms with E-state index in [1.807, 2.05) is 24.3 Å². The van der Waals surface area contributed by atoms with Crippen LogP contribution in [-0.4, -0.2) is 5.16 Å². The van der Waals surface area contributed by atoms with E-state index in [1.54, 1.807) is 0 Å². The summed E-state index contributed by atoms with van der Waals surface area (Å²) in [6.07, 6.45) is 0.